The van der Waals surface area contributed by atoms with E-state index in [4.69, 9.17) is 0 Å². The maximum atomic E-state index is 12.6. The minimum absolute atomic E-state index is 0.0950. The smallest absolute Gasteiger partial charge is 0.161 e. The van der Waals surface area contributed by atoms with Crippen molar-refractivity contribution in [2.24, 2.45) is 0 Å². The molecule has 106 valence electrons. The molecule has 4 unspecified atom stereocenters. The second-order valence-corrected chi connectivity index (χ2v) is 9.04. The maximum absolute atomic E-state index is 12.6. The van der Waals surface area contributed by atoms with Gasteiger partial charge in [-0.15, -0.1) is 0 Å². The summed E-state index contributed by atoms with van der Waals surface area (Å²) in [5, 5.41) is 0. The molecule has 0 aromatic heterocycles. The van der Waals surface area contributed by atoms with Crippen LogP contribution < -0.4 is 0 Å². The van der Waals surface area contributed by atoms with Gasteiger partial charge in [0.05, 0.1) is 19.3 Å². The summed E-state index contributed by atoms with van der Waals surface area (Å²) in [5.41, 5.74) is 2.15. The molecule has 0 saturated heterocycles. The summed E-state index contributed by atoms with van der Waals surface area (Å²) in [6.45, 7) is 0. The third-order valence-corrected chi connectivity index (χ3v) is 8.15. The number of hydrogen-bond acceptors (Lipinski definition) is 2. The zero-order valence-electron chi connectivity index (χ0n) is 10.1. The number of benzene rings is 1. The summed E-state index contributed by atoms with van der Waals surface area (Å²) in [5.74, 6) is -0.173. The van der Waals surface area contributed by atoms with E-state index in [0.29, 0.717) is 0 Å². The summed E-state index contributed by atoms with van der Waals surface area (Å²) in [6, 6.07) is 7.96. The molecule has 0 N–H and O–H groups in total. The van der Waals surface area contributed by atoms with E-state index in [1.54, 1.807) is 0 Å². The van der Waals surface area contributed by atoms with Crippen LogP contribution in [-0.2, 0) is 9.59 Å². The van der Waals surface area contributed by atoms with Gasteiger partial charge < -0.3 is 0 Å². The number of hydrogen-bond donors (Lipinski definition) is 0. The van der Waals surface area contributed by atoms with Crippen molar-refractivity contribution >= 4 is 75.3 Å². The lowest BCUT2D eigenvalue weighted by Gasteiger charge is -2.30. The van der Waals surface area contributed by atoms with Gasteiger partial charge >= 0.3 is 0 Å². The molecule has 0 fully saturated rings. The number of halogens is 4. The van der Waals surface area contributed by atoms with Crippen molar-refractivity contribution in [3.8, 4) is 0 Å². The Labute approximate surface area is 150 Å². The first kappa shape index (κ1) is 15.4. The molecule has 20 heavy (non-hydrogen) atoms. The van der Waals surface area contributed by atoms with Crippen LogP contribution in [0.15, 0.2) is 24.3 Å². The van der Waals surface area contributed by atoms with Crippen LogP contribution in [0.3, 0.4) is 0 Å². The lowest BCUT2D eigenvalue weighted by Crippen LogP contribution is -2.43. The molecule has 4 atom stereocenters. The standard InChI is InChI=1S/C14H10Br4O2/c15-9-7-5-3-1-2-4-6(5)8(11(17)13(9)19)12(18)14(20)10(7)16/h1-4,7-12H. The Morgan fingerprint density at radius 3 is 1.25 bits per heavy atom. The van der Waals surface area contributed by atoms with Crippen molar-refractivity contribution in [3.63, 3.8) is 0 Å². The van der Waals surface area contributed by atoms with Gasteiger partial charge in [-0.3, -0.25) is 9.59 Å². The van der Waals surface area contributed by atoms with Gasteiger partial charge in [0.2, 0.25) is 0 Å². The molecule has 0 radical (unpaired) electrons. The van der Waals surface area contributed by atoms with Crippen molar-refractivity contribution < 1.29 is 9.59 Å². The predicted molar refractivity (Wildman–Crippen MR) is 92.8 cm³/mol. The van der Waals surface area contributed by atoms with Gasteiger partial charge in [0.15, 0.2) is 11.6 Å². The van der Waals surface area contributed by atoms with Crippen LogP contribution in [0.4, 0.5) is 0 Å². The van der Waals surface area contributed by atoms with E-state index in [1.165, 1.54) is 0 Å². The molecule has 2 aliphatic carbocycles. The Bertz CT molecular complexity index is 513. The maximum Gasteiger partial charge on any atom is 0.161 e. The highest BCUT2D eigenvalue weighted by molar-refractivity contribution is 9.11. The van der Waals surface area contributed by atoms with Crippen LogP contribution in [0.1, 0.15) is 23.0 Å². The number of carbonyl (C=O) groups is 2. The summed E-state index contributed by atoms with van der Waals surface area (Å²) >= 11 is 14.1. The molecule has 1 aromatic rings. The highest BCUT2D eigenvalue weighted by atomic mass is 79.9. The van der Waals surface area contributed by atoms with Crippen molar-refractivity contribution in [2.75, 3.05) is 0 Å². The Morgan fingerprint density at radius 2 is 0.950 bits per heavy atom. The first-order valence-electron chi connectivity index (χ1n) is 6.17. The monoisotopic (exact) mass is 526 g/mol. The van der Waals surface area contributed by atoms with E-state index >= 15 is 0 Å². The first-order valence-corrected chi connectivity index (χ1v) is 9.84. The lowest BCUT2D eigenvalue weighted by atomic mass is 9.88. The minimum atomic E-state index is -0.369. The van der Waals surface area contributed by atoms with Crippen molar-refractivity contribution in [1.82, 2.24) is 0 Å². The molecule has 0 saturated carbocycles. The van der Waals surface area contributed by atoms with Gasteiger partial charge in [-0.2, -0.15) is 0 Å². The predicted octanol–water partition coefficient (Wildman–Crippen LogP) is 4.07. The van der Waals surface area contributed by atoms with E-state index in [1.807, 2.05) is 24.3 Å². The van der Waals surface area contributed by atoms with E-state index in [2.05, 4.69) is 63.7 Å². The van der Waals surface area contributed by atoms with Gasteiger partial charge in [-0.05, 0) is 11.1 Å². The quantitative estimate of drug-likeness (QED) is 0.475. The van der Waals surface area contributed by atoms with Crippen LogP contribution in [0, 0.1) is 0 Å². The Kier molecular flexibility index (Phi) is 4.30. The van der Waals surface area contributed by atoms with E-state index < -0.39 is 0 Å². The van der Waals surface area contributed by atoms with Gasteiger partial charge in [-0.1, -0.05) is 88.0 Å². The molecule has 0 amide bonds. The molecular formula is C14H10Br4O2. The van der Waals surface area contributed by atoms with Crippen molar-refractivity contribution in [1.29, 1.82) is 0 Å². The number of ketones is 2. The summed E-state index contributed by atoms with van der Waals surface area (Å²) < 4.78 is 0. The molecule has 2 aliphatic rings. The molecule has 0 heterocycles. The van der Waals surface area contributed by atoms with E-state index in [9.17, 15) is 9.59 Å². The van der Waals surface area contributed by atoms with Gasteiger partial charge in [0.1, 0.15) is 0 Å². The van der Waals surface area contributed by atoms with Crippen molar-refractivity contribution in [2.45, 2.75) is 31.1 Å². The Hall–Kier alpha value is 0.480. The highest BCUT2D eigenvalue weighted by Crippen LogP contribution is 2.50. The molecule has 0 aliphatic heterocycles. The number of carbonyl (C=O) groups excluding carboxylic acids is 2. The zero-order valence-corrected chi connectivity index (χ0v) is 16.4. The number of rotatable bonds is 0. The third-order valence-electron chi connectivity index (χ3n) is 4.06. The zero-order chi connectivity index (χ0) is 14.6. The average Bonchev–Trinajstić information content (AvgIpc) is 2.58. The second-order valence-electron chi connectivity index (χ2n) is 5.09. The first-order chi connectivity index (χ1) is 9.45. The summed E-state index contributed by atoms with van der Waals surface area (Å²) in [4.78, 5) is 23.7. The van der Waals surface area contributed by atoms with Crippen molar-refractivity contribution in [3.05, 3.63) is 35.4 Å². The lowest BCUT2D eigenvalue weighted by molar-refractivity contribution is -0.121. The molecule has 2 nitrogen and oxygen atoms in total. The van der Waals surface area contributed by atoms with Gasteiger partial charge in [0, 0.05) is 11.8 Å². The van der Waals surface area contributed by atoms with Crippen LogP contribution in [0.5, 0.6) is 0 Å². The molecule has 6 heteroatoms. The number of Topliss-reactive ketones (excluding diaryl/α,β-unsaturated/α-hetero) is 2. The van der Waals surface area contributed by atoms with Gasteiger partial charge in [-0.25, -0.2) is 0 Å². The van der Waals surface area contributed by atoms with E-state index in [-0.39, 0.29) is 42.7 Å². The summed E-state index contributed by atoms with van der Waals surface area (Å²) in [6.07, 6.45) is 0. The third kappa shape index (κ3) is 2.13. The normalized spacial score (nSPS) is 40.2. The number of alkyl halides is 4. The van der Waals surface area contributed by atoms with Crippen LogP contribution >= 0.6 is 63.7 Å². The van der Waals surface area contributed by atoms with Gasteiger partial charge in [0.25, 0.3) is 0 Å². The molecule has 1 aromatic carbocycles. The molecule has 0 spiro atoms. The Balaban J connectivity index is 2.31. The van der Waals surface area contributed by atoms with Crippen LogP contribution in [0.2, 0.25) is 0 Å². The van der Waals surface area contributed by atoms with E-state index in [0.717, 1.165) is 11.1 Å². The Morgan fingerprint density at radius 1 is 0.650 bits per heavy atom. The van der Waals surface area contributed by atoms with Crippen LogP contribution in [-0.4, -0.2) is 30.9 Å². The fourth-order valence-corrected chi connectivity index (χ4v) is 8.09. The highest BCUT2D eigenvalue weighted by Gasteiger charge is 2.52. The fourth-order valence-electron chi connectivity index (χ4n) is 3.06. The molecule has 3 rings (SSSR count). The fraction of sp³-hybridized carbons (Fsp3) is 0.429. The average molecular weight is 530 g/mol. The second kappa shape index (κ2) is 5.60. The SMILES string of the molecule is O=C1C(Br)C2c3ccccc3C(C1Br)C(Br)C(=O)C2Br. The molecule has 2 bridgehead atoms. The largest absolute Gasteiger partial charge is 0.297 e. The topological polar surface area (TPSA) is 34.1 Å². The molecular weight excluding hydrogens is 520 g/mol. The van der Waals surface area contributed by atoms with Crippen LogP contribution in [0.25, 0.3) is 0 Å². The summed E-state index contributed by atoms with van der Waals surface area (Å²) in [7, 11) is 0. The minimum Gasteiger partial charge on any atom is -0.297 e.